The minimum atomic E-state index is -0.0719. The minimum absolute atomic E-state index is 0.0719. The van der Waals surface area contributed by atoms with Crippen LogP contribution in [-0.2, 0) is 7.05 Å². The van der Waals surface area contributed by atoms with Crippen LogP contribution in [0.2, 0.25) is 5.02 Å². The van der Waals surface area contributed by atoms with Crippen LogP contribution in [0.3, 0.4) is 0 Å². The van der Waals surface area contributed by atoms with Gasteiger partial charge in [-0.1, -0.05) is 11.6 Å². The number of rotatable bonds is 2. The average Bonchev–Trinajstić information content (AvgIpc) is 2.67. The SMILES string of the molecule is Cn1nccc1C(=O)c1ccc(Cl)c(Br)c1. The van der Waals surface area contributed by atoms with Gasteiger partial charge < -0.3 is 0 Å². The van der Waals surface area contributed by atoms with E-state index in [-0.39, 0.29) is 5.78 Å². The molecule has 0 saturated carbocycles. The Bertz CT molecular complexity index is 551. The van der Waals surface area contributed by atoms with Gasteiger partial charge in [0.1, 0.15) is 5.69 Å². The van der Waals surface area contributed by atoms with Crippen molar-refractivity contribution < 1.29 is 4.79 Å². The molecule has 0 aliphatic heterocycles. The summed E-state index contributed by atoms with van der Waals surface area (Å²) < 4.78 is 2.26. The molecule has 16 heavy (non-hydrogen) atoms. The average molecular weight is 300 g/mol. The Hall–Kier alpha value is -1.13. The Kier molecular flexibility index (Phi) is 3.12. The number of halogens is 2. The van der Waals surface area contributed by atoms with Crippen LogP contribution in [0, 0.1) is 0 Å². The molecule has 3 nitrogen and oxygen atoms in total. The molecular weight excluding hydrogens is 291 g/mol. The Balaban J connectivity index is 2.42. The van der Waals surface area contributed by atoms with Gasteiger partial charge in [0.25, 0.3) is 0 Å². The van der Waals surface area contributed by atoms with E-state index in [9.17, 15) is 4.79 Å². The highest BCUT2D eigenvalue weighted by Crippen LogP contribution is 2.24. The van der Waals surface area contributed by atoms with E-state index in [2.05, 4.69) is 21.0 Å². The molecule has 0 N–H and O–H groups in total. The molecule has 0 saturated heterocycles. The maximum absolute atomic E-state index is 12.1. The maximum atomic E-state index is 12.1. The third-order valence-corrected chi connectivity index (χ3v) is 3.45. The summed E-state index contributed by atoms with van der Waals surface area (Å²) >= 11 is 9.16. The Morgan fingerprint density at radius 3 is 2.75 bits per heavy atom. The zero-order valence-electron chi connectivity index (χ0n) is 8.45. The van der Waals surface area contributed by atoms with Gasteiger partial charge in [0.2, 0.25) is 5.78 Å². The summed E-state index contributed by atoms with van der Waals surface area (Å²) in [6.45, 7) is 0. The van der Waals surface area contributed by atoms with E-state index in [1.54, 1.807) is 42.2 Å². The molecule has 82 valence electrons. The van der Waals surface area contributed by atoms with Crippen molar-refractivity contribution in [1.29, 1.82) is 0 Å². The summed E-state index contributed by atoms with van der Waals surface area (Å²) in [5.74, 6) is -0.0719. The zero-order valence-corrected chi connectivity index (χ0v) is 10.8. The molecule has 0 amide bonds. The summed E-state index contributed by atoms with van der Waals surface area (Å²) in [5.41, 5.74) is 1.13. The van der Waals surface area contributed by atoms with E-state index < -0.39 is 0 Å². The smallest absolute Gasteiger partial charge is 0.211 e. The minimum Gasteiger partial charge on any atom is -0.287 e. The van der Waals surface area contributed by atoms with Gasteiger partial charge in [-0.3, -0.25) is 9.48 Å². The van der Waals surface area contributed by atoms with Crippen molar-refractivity contribution in [3.8, 4) is 0 Å². The van der Waals surface area contributed by atoms with Crippen molar-refractivity contribution in [1.82, 2.24) is 9.78 Å². The summed E-state index contributed by atoms with van der Waals surface area (Å²) in [4.78, 5) is 12.1. The van der Waals surface area contributed by atoms with E-state index in [1.807, 2.05) is 0 Å². The normalized spacial score (nSPS) is 10.4. The highest BCUT2D eigenvalue weighted by Gasteiger charge is 2.13. The predicted molar refractivity (Wildman–Crippen MR) is 65.8 cm³/mol. The Labute approximate surface area is 106 Å². The predicted octanol–water partition coefficient (Wildman–Crippen LogP) is 3.07. The number of aromatic nitrogens is 2. The van der Waals surface area contributed by atoms with Crippen molar-refractivity contribution in [3.63, 3.8) is 0 Å². The van der Waals surface area contributed by atoms with E-state index in [1.165, 1.54) is 0 Å². The van der Waals surface area contributed by atoms with E-state index in [0.717, 1.165) is 0 Å². The lowest BCUT2D eigenvalue weighted by atomic mass is 10.1. The number of aryl methyl sites for hydroxylation is 1. The molecule has 0 spiro atoms. The topological polar surface area (TPSA) is 34.9 Å². The molecule has 0 atom stereocenters. The summed E-state index contributed by atoms with van der Waals surface area (Å²) in [7, 11) is 1.73. The number of hydrogen-bond donors (Lipinski definition) is 0. The van der Waals surface area contributed by atoms with Crippen molar-refractivity contribution >= 4 is 33.3 Å². The van der Waals surface area contributed by atoms with Gasteiger partial charge in [0, 0.05) is 23.3 Å². The molecular formula is C11H8BrClN2O. The Morgan fingerprint density at radius 1 is 1.44 bits per heavy atom. The lowest BCUT2D eigenvalue weighted by Crippen LogP contribution is -2.08. The maximum Gasteiger partial charge on any atom is 0.211 e. The molecule has 0 radical (unpaired) electrons. The first-order valence-corrected chi connectivity index (χ1v) is 5.74. The van der Waals surface area contributed by atoms with E-state index >= 15 is 0 Å². The third kappa shape index (κ3) is 2.03. The fourth-order valence-electron chi connectivity index (χ4n) is 1.38. The fraction of sp³-hybridized carbons (Fsp3) is 0.0909. The van der Waals surface area contributed by atoms with Crippen LogP contribution < -0.4 is 0 Å². The first-order valence-electron chi connectivity index (χ1n) is 4.57. The monoisotopic (exact) mass is 298 g/mol. The van der Waals surface area contributed by atoms with Gasteiger partial charge in [-0.2, -0.15) is 5.10 Å². The van der Waals surface area contributed by atoms with Gasteiger partial charge >= 0.3 is 0 Å². The van der Waals surface area contributed by atoms with Crippen LogP contribution in [-0.4, -0.2) is 15.6 Å². The highest BCUT2D eigenvalue weighted by atomic mass is 79.9. The zero-order chi connectivity index (χ0) is 11.7. The van der Waals surface area contributed by atoms with Crippen molar-refractivity contribution in [2.45, 2.75) is 0 Å². The highest BCUT2D eigenvalue weighted by molar-refractivity contribution is 9.10. The molecule has 0 fully saturated rings. The number of carbonyl (C=O) groups is 1. The second-order valence-electron chi connectivity index (χ2n) is 3.30. The second-order valence-corrected chi connectivity index (χ2v) is 4.56. The first kappa shape index (κ1) is 11.4. The van der Waals surface area contributed by atoms with Crippen molar-refractivity contribution in [2.75, 3.05) is 0 Å². The Morgan fingerprint density at radius 2 is 2.19 bits per heavy atom. The lowest BCUT2D eigenvalue weighted by molar-refractivity contribution is 0.103. The molecule has 2 aromatic rings. The number of ketones is 1. The van der Waals surface area contributed by atoms with Crippen LogP contribution in [0.4, 0.5) is 0 Å². The third-order valence-electron chi connectivity index (χ3n) is 2.24. The molecule has 1 aromatic carbocycles. The van der Waals surface area contributed by atoms with Gasteiger partial charge in [-0.25, -0.2) is 0 Å². The van der Waals surface area contributed by atoms with Crippen LogP contribution >= 0.6 is 27.5 Å². The van der Waals surface area contributed by atoms with Crippen molar-refractivity contribution in [2.24, 2.45) is 7.05 Å². The quantitative estimate of drug-likeness (QED) is 0.799. The molecule has 1 heterocycles. The van der Waals surface area contributed by atoms with Gasteiger partial charge in [0.15, 0.2) is 0 Å². The number of nitrogens with zero attached hydrogens (tertiary/aromatic N) is 2. The number of carbonyl (C=O) groups excluding carboxylic acids is 1. The number of hydrogen-bond acceptors (Lipinski definition) is 2. The molecule has 0 aliphatic carbocycles. The van der Waals surface area contributed by atoms with Crippen LogP contribution in [0.5, 0.6) is 0 Å². The van der Waals surface area contributed by atoms with E-state index in [0.29, 0.717) is 20.8 Å². The molecule has 0 unspecified atom stereocenters. The molecule has 1 aromatic heterocycles. The van der Waals surface area contributed by atoms with Crippen LogP contribution in [0.15, 0.2) is 34.9 Å². The van der Waals surface area contributed by atoms with E-state index in [4.69, 9.17) is 11.6 Å². The standard InChI is InChI=1S/C11H8BrClN2O/c1-15-10(4-5-14-15)11(16)7-2-3-9(13)8(12)6-7/h2-6H,1H3. The van der Waals surface area contributed by atoms with Gasteiger partial charge in [0.05, 0.1) is 5.02 Å². The summed E-state index contributed by atoms with van der Waals surface area (Å²) in [6, 6.07) is 6.78. The van der Waals surface area contributed by atoms with Gasteiger partial charge in [-0.05, 0) is 40.2 Å². The van der Waals surface area contributed by atoms with Gasteiger partial charge in [-0.15, -0.1) is 0 Å². The van der Waals surface area contributed by atoms with Crippen molar-refractivity contribution in [3.05, 3.63) is 51.2 Å². The summed E-state index contributed by atoms with van der Waals surface area (Å²) in [6.07, 6.45) is 1.60. The van der Waals surface area contributed by atoms with Crippen LogP contribution in [0.25, 0.3) is 0 Å². The fourth-order valence-corrected chi connectivity index (χ4v) is 1.88. The number of benzene rings is 1. The molecule has 5 heteroatoms. The molecule has 0 bridgehead atoms. The molecule has 0 aliphatic rings. The van der Waals surface area contributed by atoms with Crippen LogP contribution in [0.1, 0.15) is 16.1 Å². The largest absolute Gasteiger partial charge is 0.287 e. The lowest BCUT2D eigenvalue weighted by Gasteiger charge is -2.03. The summed E-state index contributed by atoms with van der Waals surface area (Å²) in [5, 5.41) is 4.55. The second kappa shape index (κ2) is 4.39. The first-order chi connectivity index (χ1) is 7.59. The molecule has 2 rings (SSSR count).